The first-order valence-electron chi connectivity index (χ1n) is 3.58. The minimum Gasteiger partial charge on any atom is -0.173 e. The summed E-state index contributed by atoms with van der Waals surface area (Å²) < 4.78 is 9.51. The summed E-state index contributed by atoms with van der Waals surface area (Å²) in [5.41, 5.74) is 4.40. The van der Waals surface area contributed by atoms with Crippen LogP contribution in [-0.2, 0) is 0 Å². The number of aromatic nitrogens is 2. The van der Waals surface area contributed by atoms with Crippen LogP contribution in [0.4, 0.5) is 0 Å². The van der Waals surface area contributed by atoms with E-state index in [1.165, 1.54) is 22.9 Å². The molecular weight excluding hydrogens is 236 g/mol. The van der Waals surface area contributed by atoms with E-state index in [2.05, 4.69) is 44.6 Å². The molecule has 12 heavy (non-hydrogen) atoms. The lowest BCUT2D eigenvalue weighted by molar-refractivity contribution is 1.38. The van der Waals surface area contributed by atoms with E-state index in [4.69, 9.17) is 0 Å². The van der Waals surface area contributed by atoms with Crippen LogP contribution >= 0.6 is 27.7 Å². The SMILES string of the molecule is Cc1cc(C)c2nsnc2c1Br. The molecule has 0 N–H and O–H groups in total. The van der Waals surface area contributed by atoms with Gasteiger partial charge in [-0.3, -0.25) is 0 Å². The monoisotopic (exact) mass is 242 g/mol. The van der Waals surface area contributed by atoms with Crippen LogP contribution in [0.5, 0.6) is 0 Å². The van der Waals surface area contributed by atoms with Gasteiger partial charge >= 0.3 is 0 Å². The highest BCUT2D eigenvalue weighted by Crippen LogP contribution is 2.28. The topological polar surface area (TPSA) is 25.8 Å². The third-order valence-electron chi connectivity index (χ3n) is 1.85. The Morgan fingerprint density at radius 2 is 1.83 bits per heavy atom. The van der Waals surface area contributed by atoms with Crippen molar-refractivity contribution in [2.24, 2.45) is 0 Å². The predicted octanol–water partition coefficient (Wildman–Crippen LogP) is 3.07. The first-order valence-corrected chi connectivity index (χ1v) is 5.10. The maximum absolute atomic E-state index is 4.22. The summed E-state index contributed by atoms with van der Waals surface area (Å²) in [6.07, 6.45) is 0. The second-order valence-electron chi connectivity index (χ2n) is 2.79. The van der Waals surface area contributed by atoms with Gasteiger partial charge in [-0.1, -0.05) is 6.07 Å². The van der Waals surface area contributed by atoms with Gasteiger partial charge in [0.1, 0.15) is 11.0 Å². The summed E-state index contributed by atoms with van der Waals surface area (Å²) in [4.78, 5) is 0. The van der Waals surface area contributed by atoms with Gasteiger partial charge in [-0.25, -0.2) is 0 Å². The summed E-state index contributed by atoms with van der Waals surface area (Å²) in [7, 11) is 0. The molecule has 1 aromatic heterocycles. The molecule has 2 nitrogen and oxygen atoms in total. The highest BCUT2D eigenvalue weighted by Gasteiger charge is 2.08. The van der Waals surface area contributed by atoms with Crippen LogP contribution in [0.1, 0.15) is 11.1 Å². The number of nitrogens with zero attached hydrogens (tertiary/aromatic N) is 2. The zero-order valence-corrected chi connectivity index (χ0v) is 9.16. The third-order valence-corrected chi connectivity index (χ3v) is 3.38. The molecule has 0 aliphatic carbocycles. The van der Waals surface area contributed by atoms with E-state index in [-0.39, 0.29) is 0 Å². The van der Waals surface area contributed by atoms with Crippen LogP contribution in [0.25, 0.3) is 11.0 Å². The van der Waals surface area contributed by atoms with Gasteiger partial charge in [0.2, 0.25) is 0 Å². The number of hydrogen-bond donors (Lipinski definition) is 0. The van der Waals surface area contributed by atoms with Gasteiger partial charge in [-0.05, 0) is 40.9 Å². The minimum atomic E-state index is 0.984. The Kier molecular flexibility index (Phi) is 1.88. The van der Waals surface area contributed by atoms with E-state index >= 15 is 0 Å². The predicted molar refractivity (Wildman–Crippen MR) is 54.6 cm³/mol. The van der Waals surface area contributed by atoms with Crippen molar-refractivity contribution in [2.75, 3.05) is 0 Å². The quantitative estimate of drug-likeness (QED) is 0.710. The number of aryl methyl sites for hydroxylation is 2. The number of rotatable bonds is 0. The maximum atomic E-state index is 4.22. The van der Waals surface area contributed by atoms with Crippen LogP contribution in [0.15, 0.2) is 10.5 Å². The molecule has 0 aliphatic rings. The summed E-state index contributed by atoms with van der Waals surface area (Å²) in [5.74, 6) is 0. The second-order valence-corrected chi connectivity index (χ2v) is 4.11. The minimum absolute atomic E-state index is 0.984. The van der Waals surface area contributed by atoms with E-state index in [1.54, 1.807) is 0 Å². The zero-order valence-electron chi connectivity index (χ0n) is 6.76. The molecule has 62 valence electrons. The Bertz CT molecular complexity index is 436. The van der Waals surface area contributed by atoms with Crippen LogP contribution in [0.2, 0.25) is 0 Å². The molecule has 2 rings (SSSR count). The van der Waals surface area contributed by atoms with Crippen molar-refractivity contribution >= 4 is 38.7 Å². The van der Waals surface area contributed by atoms with Crippen molar-refractivity contribution in [1.29, 1.82) is 0 Å². The van der Waals surface area contributed by atoms with Gasteiger partial charge in [0.15, 0.2) is 0 Å². The lowest BCUT2D eigenvalue weighted by Crippen LogP contribution is -1.82. The van der Waals surface area contributed by atoms with E-state index in [9.17, 15) is 0 Å². The molecule has 1 heterocycles. The van der Waals surface area contributed by atoms with Crippen molar-refractivity contribution < 1.29 is 0 Å². The van der Waals surface area contributed by atoms with Gasteiger partial charge < -0.3 is 0 Å². The highest BCUT2D eigenvalue weighted by atomic mass is 79.9. The molecule has 0 atom stereocenters. The number of fused-ring (bicyclic) bond motifs is 1. The number of benzene rings is 1. The fourth-order valence-corrected chi connectivity index (χ4v) is 2.36. The Morgan fingerprint density at radius 3 is 2.58 bits per heavy atom. The molecule has 4 heteroatoms. The number of halogens is 1. The standard InChI is InChI=1S/C8H7BrN2S/c1-4-3-5(2)7-8(6(4)9)11-12-10-7/h3H,1-2H3. The third kappa shape index (κ3) is 1.06. The first-order chi connectivity index (χ1) is 5.70. The maximum Gasteiger partial charge on any atom is 0.119 e. The van der Waals surface area contributed by atoms with Crippen molar-refractivity contribution in [3.63, 3.8) is 0 Å². The first kappa shape index (κ1) is 8.13. The Hall–Kier alpha value is -0.480. The van der Waals surface area contributed by atoms with Crippen molar-refractivity contribution in [1.82, 2.24) is 8.75 Å². The molecule has 0 aliphatic heterocycles. The lowest BCUT2D eigenvalue weighted by atomic mass is 10.1. The Morgan fingerprint density at radius 1 is 1.17 bits per heavy atom. The molecule has 0 radical (unpaired) electrons. The van der Waals surface area contributed by atoms with Crippen LogP contribution in [0.3, 0.4) is 0 Å². The highest BCUT2D eigenvalue weighted by molar-refractivity contribution is 9.10. The van der Waals surface area contributed by atoms with Crippen molar-refractivity contribution in [3.05, 3.63) is 21.7 Å². The average molecular weight is 243 g/mol. The molecular formula is C8H7BrN2S. The van der Waals surface area contributed by atoms with Crippen LogP contribution < -0.4 is 0 Å². The van der Waals surface area contributed by atoms with E-state index in [0.717, 1.165) is 15.5 Å². The Balaban J connectivity index is 2.97. The molecule has 0 bridgehead atoms. The Labute approximate surface area is 83.1 Å². The van der Waals surface area contributed by atoms with Crippen molar-refractivity contribution in [2.45, 2.75) is 13.8 Å². The van der Waals surface area contributed by atoms with Crippen LogP contribution in [0, 0.1) is 13.8 Å². The normalized spacial score (nSPS) is 10.9. The van der Waals surface area contributed by atoms with Crippen LogP contribution in [-0.4, -0.2) is 8.75 Å². The smallest absolute Gasteiger partial charge is 0.119 e. The van der Waals surface area contributed by atoms with Gasteiger partial charge in [0.25, 0.3) is 0 Å². The summed E-state index contributed by atoms with van der Waals surface area (Å²) in [5, 5.41) is 0. The van der Waals surface area contributed by atoms with E-state index in [1.807, 2.05) is 0 Å². The molecule has 0 fully saturated rings. The fraction of sp³-hybridized carbons (Fsp3) is 0.250. The molecule has 1 aromatic carbocycles. The summed E-state index contributed by atoms with van der Waals surface area (Å²) in [6.45, 7) is 4.12. The fourth-order valence-electron chi connectivity index (χ4n) is 1.23. The molecule has 0 saturated heterocycles. The zero-order chi connectivity index (χ0) is 8.72. The second kappa shape index (κ2) is 2.78. The number of hydrogen-bond acceptors (Lipinski definition) is 3. The molecule has 0 saturated carbocycles. The van der Waals surface area contributed by atoms with E-state index < -0.39 is 0 Å². The molecule has 0 unspecified atom stereocenters. The molecule has 0 spiro atoms. The molecule has 2 aromatic rings. The largest absolute Gasteiger partial charge is 0.173 e. The van der Waals surface area contributed by atoms with E-state index in [0.29, 0.717) is 0 Å². The summed E-state index contributed by atoms with van der Waals surface area (Å²) >= 11 is 4.76. The van der Waals surface area contributed by atoms with Crippen molar-refractivity contribution in [3.8, 4) is 0 Å². The lowest BCUT2D eigenvalue weighted by Gasteiger charge is -1.99. The molecule has 0 amide bonds. The van der Waals surface area contributed by atoms with Gasteiger partial charge in [-0.15, -0.1) is 0 Å². The average Bonchev–Trinajstić information content (AvgIpc) is 2.48. The van der Waals surface area contributed by atoms with Gasteiger partial charge in [0.05, 0.1) is 11.7 Å². The van der Waals surface area contributed by atoms with Gasteiger partial charge in [-0.2, -0.15) is 8.75 Å². The summed E-state index contributed by atoms with van der Waals surface area (Å²) in [6, 6.07) is 2.12. The van der Waals surface area contributed by atoms with Gasteiger partial charge in [0, 0.05) is 4.47 Å².